The predicted octanol–water partition coefficient (Wildman–Crippen LogP) is 4.66. The molecule has 6 rings (SSSR count). The first-order valence-corrected chi connectivity index (χ1v) is 17.1. The van der Waals surface area contributed by atoms with Crippen molar-refractivity contribution in [1.29, 1.82) is 0 Å². The molecule has 1 aromatic carbocycles. The molecule has 2 fully saturated rings. The smallest absolute Gasteiger partial charge is 0.340 e. The molecule has 2 aromatic heterocycles. The molecule has 0 unspecified atom stereocenters. The summed E-state index contributed by atoms with van der Waals surface area (Å²) < 4.78 is 40.4. The minimum Gasteiger partial charge on any atom is -0.340 e. The molecular weight excluding hydrogens is 625 g/mol. The molecule has 0 saturated carbocycles. The molecule has 238 valence electrons. The molecular formula is C31H33F2N4O6PS. The lowest BCUT2D eigenvalue weighted by atomic mass is 9.89. The van der Waals surface area contributed by atoms with E-state index in [1.54, 1.807) is 16.0 Å². The van der Waals surface area contributed by atoms with Crippen LogP contribution in [0.3, 0.4) is 0 Å². The summed E-state index contributed by atoms with van der Waals surface area (Å²) >= 11 is 1.01. The van der Waals surface area contributed by atoms with Crippen molar-refractivity contribution in [3.63, 3.8) is 0 Å². The van der Waals surface area contributed by atoms with Crippen molar-refractivity contribution < 1.29 is 37.5 Å². The van der Waals surface area contributed by atoms with Crippen molar-refractivity contribution in [2.24, 2.45) is 0 Å². The van der Waals surface area contributed by atoms with E-state index in [2.05, 4.69) is 10.3 Å². The minimum atomic E-state index is -5.76. The SMILES string of the molecule is C/C1=C/C[C@H](NC(=O)c2cc3cc(C(F)(F)P(=O)(O)O)ccc3s2)C(=O)N2[C@H](CC[C@H]2C(=O)N2CC(c3cnccc3C)C2)C1. The number of nitrogens with zero attached hydrogens (tertiary/aromatic N) is 3. The molecule has 0 bridgehead atoms. The second-order valence-electron chi connectivity index (χ2n) is 12.1. The maximum absolute atomic E-state index is 14.3. The summed E-state index contributed by atoms with van der Waals surface area (Å²) in [5.74, 6) is -0.817. The van der Waals surface area contributed by atoms with E-state index in [1.165, 1.54) is 12.1 Å². The predicted molar refractivity (Wildman–Crippen MR) is 164 cm³/mol. The minimum absolute atomic E-state index is 0.0941. The van der Waals surface area contributed by atoms with Crippen molar-refractivity contribution in [2.45, 2.75) is 69.2 Å². The molecule has 0 spiro atoms. The quantitative estimate of drug-likeness (QED) is 0.259. The molecule has 0 radical (unpaired) electrons. The molecule has 14 heteroatoms. The summed E-state index contributed by atoms with van der Waals surface area (Å²) in [6.07, 6.45) is 7.59. The number of likely N-dealkylation sites (tertiary alicyclic amines) is 1. The first-order valence-electron chi connectivity index (χ1n) is 14.7. The third-order valence-corrected chi connectivity index (χ3v) is 11.2. The van der Waals surface area contributed by atoms with Crippen LogP contribution in [0.2, 0.25) is 0 Å². The van der Waals surface area contributed by atoms with Crippen molar-refractivity contribution in [1.82, 2.24) is 20.1 Å². The van der Waals surface area contributed by atoms with Crippen LogP contribution in [0.4, 0.5) is 8.78 Å². The molecule has 5 heterocycles. The lowest BCUT2D eigenvalue weighted by molar-refractivity contribution is -0.149. The highest BCUT2D eigenvalue weighted by Gasteiger charge is 2.50. The van der Waals surface area contributed by atoms with E-state index in [0.717, 1.165) is 40.2 Å². The zero-order valence-corrected chi connectivity index (χ0v) is 26.4. The maximum Gasteiger partial charge on any atom is 0.399 e. The average Bonchev–Trinajstić information content (AvgIpc) is 3.57. The summed E-state index contributed by atoms with van der Waals surface area (Å²) in [5, 5.41) is 3.02. The van der Waals surface area contributed by atoms with E-state index < -0.39 is 36.8 Å². The van der Waals surface area contributed by atoms with Gasteiger partial charge in [-0.2, -0.15) is 8.78 Å². The normalized spacial score (nSPS) is 24.0. The van der Waals surface area contributed by atoms with Gasteiger partial charge in [0.05, 0.1) is 4.88 Å². The van der Waals surface area contributed by atoms with Crippen LogP contribution >= 0.6 is 18.9 Å². The Labute approximate surface area is 262 Å². The average molecular weight is 659 g/mol. The van der Waals surface area contributed by atoms with Crippen LogP contribution in [0.25, 0.3) is 10.1 Å². The summed E-state index contributed by atoms with van der Waals surface area (Å²) in [5.41, 5.74) is -1.94. The molecule has 3 atom stereocenters. The molecule has 2 saturated heterocycles. The number of amides is 3. The van der Waals surface area contributed by atoms with Crippen LogP contribution in [-0.2, 0) is 19.8 Å². The molecule has 3 aliphatic heterocycles. The zero-order chi connectivity index (χ0) is 32.3. The molecule has 3 aliphatic rings. The van der Waals surface area contributed by atoms with Gasteiger partial charge in [0, 0.05) is 47.7 Å². The number of aromatic nitrogens is 1. The Morgan fingerprint density at radius 1 is 1.13 bits per heavy atom. The Hall–Kier alpha value is -3.51. The van der Waals surface area contributed by atoms with Crippen LogP contribution in [0.1, 0.15) is 64.9 Å². The highest BCUT2D eigenvalue weighted by Crippen LogP contribution is 2.59. The Morgan fingerprint density at radius 2 is 1.89 bits per heavy atom. The van der Waals surface area contributed by atoms with Crippen molar-refractivity contribution in [3.05, 3.63) is 75.9 Å². The fourth-order valence-corrected chi connectivity index (χ4v) is 7.97. The van der Waals surface area contributed by atoms with E-state index in [1.807, 2.05) is 32.2 Å². The van der Waals surface area contributed by atoms with Crippen LogP contribution in [0.15, 0.2) is 54.4 Å². The monoisotopic (exact) mass is 658 g/mol. The number of benzene rings is 1. The summed E-state index contributed by atoms with van der Waals surface area (Å²) in [4.78, 5) is 67.1. The van der Waals surface area contributed by atoms with Gasteiger partial charge in [-0.1, -0.05) is 17.7 Å². The Kier molecular flexibility index (Phi) is 8.18. The largest absolute Gasteiger partial charge is 0.399 e. The summed E-state index contributed by atoms with van der Waals surface area (Å²) in [7, 11) is -5.76. The second-order valence-corrected chi connectivity index (χ2v) is 14.9. The van der Waals surface area contributed by atoms with E-state index in [-0.39, 0.29) is 40.5 Å². The molecule has 10 nitrogen and oxygen atoms in total. The fraction of sp³-hybridized carbons (Fsp3) is 0.419. The van der Waals surface area contributed by atoms with Gasteiger partial charge in [0.15, 0.2) is 0 Å². The maximum atomic E-state index is 14.3. The van der Waals surface area contributed by atoms with E-state index in [0.29, 0.717) is 37.1 Å². The number of fused-ring (bicyclic) bond motifs is 2. The van der Waals surface area contributed by atoms with E-state index >= 15 is 0 Å². The second kappa shape index (κ2) is 11.7. The Balaban J connectivity index is 1.19. The highest BCUT2D eigenvalue weighted by atomic mass is 32.1. The number of halogens is 2. The number of nitrogens with one attached hydrogen (secondary N) is 1. The Bertz CT molecular complexity index is 1770. The fourth-order valence-electron chi connectivity index (χ4n) is 6.54. The third-order valence-electron chi connectivity index (χ3n) is 9.07. The van der Waals surface area contributed by atoms with Crippen LogP contribution in [0, 0.1) is 6.92 Å². The number of hydrogen-bond acceptors (Lipinski definition) is 6. The van der Waals surface area contributed by atoms with Gasteiger partial charge in [-0.25, -0.2) is 0 Å². The standard InChI is InChI=1S/C31H33F2N4O6PS/c1-17-3-6-24(35-28(38)27-13-19-12-21(4-8-26(19)45-27)31(32,33)44(41,42)43)29(39)37-22(11-17)5-7-25(37)30(40)36-15-20(16-36)23-14-34-10-9-18(23)2/h3-4,8-10,12-14,20,22,24-25H,5-7,11,15-16H2,1-2H3,(H,35,38)(H2,41,42,43)/b17-3-/t22-,24+,25+/m1/s1. The first-order chi connectivity index (χ1) is 21.2. The molecule has 3 N–H and O–H groups in total. The van der Waals surface area contributed by atoms with Crippen LogP contribution in [0.5, 0.6) is 0 Å². The zero-order valence-electron chi connectivity index (χ0n) is 24.7. The van der Waals surface area contributed by atoms with Gasteiger partial charge in [-0.15, -0.1) is 11.3 Å². The summed E-state index contributed by atoms with van der Waals surface area (Å²) in [6, 6.07) is 4.74. The van der Waals surface area contributed by atoms with Gasteiger partial charge in [0.1, 0.15) is 12.1 Å². The first kappa shape index (κ1) is 31.5. The lowest BCUT2D eigenvalue weighted by Crippen LogP contribution is -2.59. The van der Waals surface area contributed by atoms with Gasteiger partial charge >= 0.3 is 13.3 Å². The number of rotatable bonds is 6. The number of pyridine rings is 1. The van der Waals surface area contributed by atoms with Crippen LogP contribution < -0.4 is 5.32 Å². The van der Waals surface area contributed by atoms with Gasteiger partial charge < -0.3 is 24.9 Å². The molecule has 0 aliphatic carbocycles. The van der Waals surface area contributed by atoms with E-state index in [4.69, 9.17) is 9.79 Å². The van der Waals surface area contributed by atoms with Gasteiger partial charge in [0.25, 0.3) is 5.91 Å². The number of hydrogen-bond donors (Lipinski definition) is 3. The lowest BCUT2D eigenvalue weighted by Gasteiger charge is -2.43. The molecule has 45 heavy (non-hydrogen) atoms. The third kappa shape index (κ3) is 5.82. The van der Waals surface area contributed by atoms with Gasteiger partial charge in [0.2, 0.25) is 11.8 Å². The van der Waals surface area contributed by atoms with Crippen molar-refractivity contribution >= 4 is 46.7 Å². The number of carbonyl (C=O) groups excluding carboxylic acids is 3. The highest BCUT2D eigenvalue weighted by molar-refractivity contribution is 7.52. The van der Waals surface area contributed by atoms with Gasteiger partial charge in [-0.3, -0.25) is 23.9 Å². The summed E-state index contributed by atoms with van der Waals surface area (Å²) in [6.45, 7) is 5.10. The van der Waals surface area contributed by atoms with Crippen molar-refractivity contribution in [3.8, 4) is 0 Å². The topological polar surface area (TPSA) is 140 Å². The number of thiophene rings is 1. The van der Waals surface area contributed by atoms with Gasteiger partial charge in [-0.05, 0) is 80.3 Å². The van der Waals surface area contributed by atoms with E-state index in [9.17, 15) is 27.7 Å². The molecule has 3 aromatic rings. The number of carbonyl (C=O) groups is 3. The van der Waals surface area contributed by atoms with Crippen molar-refractivity contribution in [2.75, 3.05) is 13.1 Å². The number of aryl methyl sites for hydroxylation is 1. The molecule has 3 amide bonds. The Morgan fingerprint density at radius 3 is 2.60 bits per heavy atom. The number of alkyl halides is 2. The van der Waals surface area contributed by atoms with Crippen LogP contribution in [-0.4, -0.2) is 73.5 Å².